The topological polar surface area (TPSA) is 64.9 Å². The standard InChI is InChI=1S/C18H19N3O3/c1-11-6-5-9-21-16(12(2)19-17(11)21)18(22)20-14-8-7-13(23-3)10-15(14)24-4/h5-10H,1-4H3,(H,20,22). The summed E-state index contributed by atoms with van der Waals surface area (Å²) in [4.78, 5) is 17.3. The first-order valence-electron chi connectivity index (χ1n) is 7.52. The maximum Gasteiger partial charge on any atom is 0.274 e. The number of pyridine rings is 1. The zero-order valence-electron chi connectivity index (χ0n) is 14.1. The van der Waals surface area contributed by atoms with Gasteiger partial charge >= 0.3 is 0 Å². The van der Waals surface area contributed by atoms with Crippen LogP contribution in [0.15, 0.2) is 36.5 Å². The summed E-state index contributed by atoms with van der Waals surface area (Å²) in [7, 11) is 3.13. The van der Waals surface area contributed by atoms with E-state index in [-0.39, 0.29) is 5.91 Å². The van der Waals surface area contributed by atoms with E-state index in [1.807, 2.05) is 32.2 Å². The largest absolute Gasteiger partial charge is 0.497 e. The van der Waals surface area contributed by atoms with Gasteiger partial charge in [0.05, 0.1) is 25.6 Å². The molecule has 0 aliphatic rings. The Morgan fingerprint density at radius 2 is 1.96 bits per heavy atom. The zero-order valence-corrected chi connectivity index (χ0v) is 14.1. The number of rotatable bonds is 4. The van der Waals surface area contributed by atoms with Gasteiger partial charge in [-0.2, -0.15) is 0 Å². The van der Waals surface area contributed by atoms with Crippen molar-refractivity contribution in [1.82, 2.24) is 9.38 Å². The number of anilines is 1. The van der Waals surface area contributed by atoms with E-state index in [1.54, 1.807) is 36.8 Å². The summed E-state index contributed by atoms with van der Waals surface area (Å²) in [6.45, 7) is 3.79. The van der Waals surface area contributed by atoms with E-state index in [2.05, 4.69) is 10.3 Å². The molecular weight excluding hydrogens is 306 g/mol. The van der Waals surface area contributed by atoms with Crippen molar-refractivity contribution in [3.63, 3.8) is 0 Å². The fourth-order valence-corrected chi connectivity index (χ4v) is 2.67. The lowest BCUT2D eigenvalue weighted by Crippen LogP contribution is -2.16. The van der Waals surface area contributed by atoms with Gasteiger partial charge in [0.2, 0.25) is 0 Å². The fraction of sp³-hybridized carbons (Fsp3) is 0.222. The second-order valence-corrected chi connectivity index (χ2v) is 5.45. The molecule has 0 aliphatic carbocycles. The summed E-state index contributed by atoms with van der Waals surface area (Å²) in [5.41, 5.74) is 3.55. The van der Waals surface area contributed by atoms with Crippen LogP contribution >= 0.6 is 0 Å². The predicted octanol–water partition coefficient (Wildman–Crippen LogP) is 3.22. The van der Waals surface area contributed by atoms with Gasteiger partial charge in [0, 0.05) is 12.3 Å². The van der Waals surface area contributed by atoms with Crippen molar-refractivity contribution in [2.45, 2.75) is 13.8 Å². The van der Waals surface area contributed by atoms with Crippen LogP contribution in [0.25, 0.3) is 5.65 Å². The van der Waals surface area contributed by atoms with Gasteiger partial charge in [-0.05, 0) is 37.6 Å². The summed E-state index contributed by atoms with van der Waals surface area (Å²) in [6.07, 6.45) is 1.84. The molecule has 124 valence electrons. The van der Waals surface area contributed by atoms with Crippen LogP contribution in [0.5, 0.6) is 11.5 Å². The van der Waals surface area contributed by atoms with Crippen LogP contribution in [0.2, 0.25) is 0 Å². The van der Waals surface area contributed by atoms with Crippen LogP contribution < -0.4 is 14.8 Å². The van der Waals surface area contributed by atoms with Gasteiger partial charge in [-0.1, -0.05) is 6.07 Å². The molecule has 1 N–H and O–H groups in total. The highest BCUT2D eigenvalue weighted by molar-refractivity contribution is 6.05. The number of aryl methyl sites for hydroxylation is 2. The number of ether oxygens (including phenoxy) is 2. The van der Waals surface area contributed by atoms with Crippen molar-refractivity contribution in [1.29, 1.82) is 0 Å². The molecule has 3 rings (SSSR count). The van der Waals surface area contributed by atoms with Gasteiger partial charge in [0.25, 0.3) is 5.91 Å². The summed E-state index contributed by atoms with van der Waals surface area (Å²) in [5, 5.41) is 2.89. The van der Waals surface area contributed by atoms with E-state index in [4.69, 9.17) is 9.47 Å². The number of hydrogen-bond acceptors (Lipinski definition) is 4. The van der Waals surface area contributed by atoms with E-state index >= 15 is 0 Å². The van der Waals surface area contributed by atoms with Crippen LogP contribution in [-0.2, 0) is 0 Å². The number of carbonyl (C=O) groups excluding carboxylic acids is 1. The molecule has 0 unspecified atom stereocenters. The number of nitrogens with one attached hydrogen (secondary N) is 1. The van der Waals surface area contributed by atoms with Crippen molar-refractivity contribution >= 4 is 17.2 Å². The van der Waals surface area contributed by atoms with Gasteiger partial charge in [0.1, 0.15) is 22.8 Å². The molecule has 0 radical (unpaired) electrons. The quantitative estimate of drug-likeness (QED) is 0.800. The molecule has 0 bridgehead atoms. The Morgan fingerprint density at radius 3 is 2.67 bits per heavy atom. The number of hydrogen-bond donors (Lipinski definition) is 1. The first kappa shape index (κ1) is 15.9. The van der Waals surface area contributed by atoms with Crippen molar-refractivity contribution < 1.29 is 14.3 Å². The Kier molecular flexibility index (Phi) is 4.12. The number of fused-ring (bicyclic) bond motifs is 1. The molecule has 0 aliphatic heterocycles. The molecule has 1 aromatic carbocycles. The maximum absolute atomic E-state index is 12.8. The molecule has 0 atom stereocenters. The van der Waals surface area contributed by atoms with Crippen molar-refractivity contribution in [3.05, 3.63) is 53.5 Å². The molecule has 2 aromatic heterocycles. The second kappa shape index (κ2) is 6.23. The Bertz CT molecular complexity index is 915. The minimum atomic E-state index is -0.242. The third-order valence-electron chi connectivity index (χ3n) is 3.89. The third-order valence-corrected chi connectivity index (χ3v) is 3.89. The van der Waals surface area contributed by atoms with Gasteiger partial charge in [-0.25, -0.2) is 4.98 Å². The number of nitrogens with zero attached hydrogens (tertiary/aromatic N) is 2. The van der Waals surface area contributed by atoms with Crippen LogP contribution in [0, 0.1) is 13.8 Å². The lowest BCUT2D eigenvalue weighted by atomic mass is 10.2. The molecule has 6 heteroatoms. The van der Waals surface area contributed by atoms with Crippen LogP contribution in [-0.4, -0.2) is 29.5 Å². The third kappa shape index (κ3) is 2.67. The van der Waals surface area contributed by atoms with Gasteiger partial charge in [-0.15, -0.1) is 0 Å². The van der Waals surface area contributed by atoms with Gasteiger partial charge in [-0.3, -0.25) is 9.20 Å². The van der Waals surface area contributed by atoms with Gasteiger partial charge in [0.15, 0.2) is 0 Å². The second-order valence-electron chi connectivity index (χ2n) is 5.45. The number of benzene rings is 1. The molecule has 0 saturated heterocycles. The number of carbonyl (C=O) groups is 1. The molecule has 3 aromatic rings. The molecule has 24 heavy (non-hydrogen) atoms. The monoisotopic (exact) mass is 325 g/mol. The molecule has 0 spiro atoms. The van der Waals surface area contributed by atoms with E-state index in [0.29, 0.717) is 28.6 Å². The number of amides is 1. The van der Waals surface area contributed by atoms with Crippen molar-refractivity contribution in [3.8, 4) is 11.5 Å². The Morgan fingerprint density at radius 1 is 1.17 bits per heavy atom. The Balaban J connectivity index is 1.99. The van der Waals surface area contributed by atoms with Gasteiger partial charge < -0.3 is 14.8 Å². The summed E-state index contributed by atoms with van der Waals surface area (Å²) < 4.78 is 12.3. The highest BCUT2D eigenvalue weighted by Crippen LogP contribution is 2.29. The smallest absolute Gasteiger partial charge is 0.274 e. The lowest BCUT2D eigenvalue weighted by Gasteiger charge is -2.12. The van der Waals surface area contributed by atoms with Crippen LogP contribution in [0.1, 0.15) is 21.7 Å². The average molecular weight is 325 g/mol. The summed E-state index contributed by atoms with van der Waals surface area (Å²) >= 11 is 0. The van der Waals surface area contributed by atoms with E-state index in [0.717, 1.165) is 11.2 Å². The summed E-state index contributed by atoms with van der Waals surface area (Å²) in [6, 6.07) is 9.11. The normalized spacial score (nSPS) is 10.7. The Labute approximate surface area is 140 Å². The highest BCUT2D eigenvalue weighted by atomic mass is 16.5. The lowest BCUT2D eigenvalue weighted by molar-refractivity contribution is 0.102. The first-order valence-corrected chi connectivity index (χ1v) is 7.52. The highest BCUT2D eigenvalue weighted by Gasteiger charge is 2.19. The first-order chi connectivity index (χ1) is 11.5. The number of methoxy groups -OCH3 is 2. The minimum absolute atomic E-state index is 0.242. The molecule has 1 amide bonds. The molecule has 2 heterocycles. The number of aromatic nitrogens is 2. The molecular formula is C18H19N3O3. The maximum atomic E-state index is 12.8. The Hall–Kier alpha value is -3.02. The van der Waals surface area contributed by atoms with Crippen LogP contribution in [0.3, 0.4) is 0 Å². The fourth-order valence-electron chi connectivity index (χ4n) is 2.67. The van der Waals surface area contributed by atoms with E-state index in [1.165, 1.54) is 0 Å². The van der Waals surface area contributed by atoms with Crippen molar-refractivity contribution in [2.75, 3.05) is 19.5 Å². The molecule has 0 saturated carbocycles. The average Bonchev–Trinajstić information content (AvgIpc) is 2.92. The zero-order chi connectivity index (χ0) is 17.3. The van der Waals surface area contributed by atoms with Crippen molar-refractivity contribution in [2.24, 2.45) is 0 Å². The van der Waals surface area contributed by atoms with Crippen LogP contribution in [0.4, 0.5) is 5.69 Å². The van der Waals surface area contributed by atoms with E-state index < -0.39 is 0 Å². The molecule has 6 nitrogen and oxygen atoms in total. The minimum Gasteiger partial charge on any atom is -0.497 e. The SMILES string of the molecule is COc1ccc(NC(=O)c2c(C)nc3c(C)cccn23)c(OC)c1. The molecule has 0 fully saturated rings. The summed E-state index contributed by atoms with van der Waals surface area (Å²) in [5.74, 6) is 0.950. The predicted molar refractivity (Wildman–Crippen MR) is 92.2 cm³/mol. The van der Waals surface area contributed by atoms with E-state index in [9.17, 15) is 4.79 Å². The number of imidazole rings is 1.